The van der Waals surface area contributed by atoms with E-state index < -0.39 is 6.10 Å². The Labute approximate surface area is 188 Å². The first kappa shape index (κ1) is 25.0. The molecule has 1 atom stereocenters. The topological polar surface area (TPSA) is 125 Å². The van der Waals surface area contributed by atoms with E-state index in [0.717, 1.165) is 13.0 Å². The van der Waals surface area contributed by atoms with Crippen LogP contribution in [0.1, 0.15) is 44.6 Å². The van der Waals surface area contributed by atoms with Crippen LogP contribution in [0.5, 0.6) is 0 Å². The lowest BCUT2D eigenvalue weighted by atomic mass is 10.2. The van der Waals surface area contributed by atoms with Gasteiger partial charge in [-0.15, -0.1) is 0 Å². The van der Waals surface area contributed by atoms with Crippen LogP contribution in [0, 0.1) is 17.7 Å². The number of carbonyl (C=O) groups excluding carboxylic acids is 1. The van der Waals surface area contributed by atoms with Gasteiger partial charge in [-0.3, -0.25) is 4.79 Å². The molecule has 2 rings (SSSR count). The molecule has 0 aliphatic rings. The molecule has 2 aromatic rings. The largest absolute Gasteiger partial charge is 0.392 e. The molecule has 1 aromatic heterocycles. The van der Waals surface area contributed by atoms with E-state index in [-0.39, 0.29) is 24.7 Å². The number of unbranched alkanes of at least 4 members (excludes halogenated alkanes) is 1. The van der Waals surface area contributed by atoms with Crippen LogP contribution >= 0.6 is 0 Å². The number of aromatic nitrogens is 2. The molecule has 0 unspecified atom stereocenters. The lowest BCUT2D eigenvalue weighted by Gasteiger charge is -2.10. The van der Waals surface area contributed by atoms with Crippen LogP contribution in [-0.2, 0) is 4.79 Å². The fourth-order valence-corrected chi connectivity index (χ4v) is 2.67. The highest BCUT2D eigenvalue weighted by molar-refractivity contribution is 5.75. The Morgan fingerprint density at radius 2 is 2.19 bits per heavy atom. The summed E-state index contributed by atoms with van der Waals surface area (Å²) in [6.45, 7) is 3.45. The summed E-state index contributed by atoms with van der Waals surface area (Å²) in [5.41, 5.74) is 6.55. The van der Waals surface area contributed by atoms with Crippen LogP contribution in [-0.4, -0.2) is 46.7 Å². The second-order valence-corrected chi connectivity index (χ2v) is 7.20. The van der Waals surface area contributed by atoms with Crippen molar-refractivity contribution >= 4 is 23.4 Å². The number of anilines is 3. The first-order chi connectivity index (χ1) is 15.5. The molecule has 8 nitrogen and oxygen atoms in total. The van der Waals surface area contributed by atoms with E-state index in [1.807, 2.05) is 0 Å². The van der Waals surface area contributed by atoms with Crippen LogP contribution in [0.25, 0.3) is 0 Å². The van der Waals surface area contributed by atoms with Gasteiger partial charge in [0.05, 0.1) is 17.9 Å². The lowest BCUT2D eigenvalue weighted by molar-refractivity contribution is -0.121. The minimum absolute atomic E-state index is 0.105. The van der Waals surface area contributed by atoms with Gasteiger partial charge in [-0.05, 0) is 37.5 Å². The maximum absolute atomic E-state index is 13.4. The average Bonchev–Trinajstić information content (AvgIpc) is 2.79. The van der Waals surface area contributed by atoms with Crippen LogP contribution < -0.4 is 21.7 Å². The number of amides is 1. The van der Waals surface area contributed by atoms with Gasteiger partial charge in [0.1, 0.15) is 11.6 Å². The zero-order valence-corrected chi connectivity index (χ0v) is 18.3. The summed E-state index contributed by atoms with van der Waals surface area (Å²) in [6.07, 6.45) is 3.83. The van der Waals surface area contributed by atoms with Crippen molar-refractivity contribution in [3.63, 3.8) is 0 Å². The Morgan fingerprint density at radius 3 is 2.94 bits per heavy atom. The molecule has 0 spiro atoms. The van der Waals surface area contributed by atoms with E-state index >= 15 is 0 Å². The van der Waals surface area contributed by atoms with Gasteiger partial charge in [-0.2, -0.15) is 4.98 Å². The molecule has 0 saturated carbocycles. The van der Waals surface area contributed by atoms with E-state index in [4.69, 9.17) is 5.73 Å². The highest BCUT2D eigenvalue weighted by atomic mass is 19.1. The Balaban J connectivity index is 1.89. The Bertz CT molecular complexity index is 928. The Morgan fingerprint density at radius 1 is 1.34 bits per heavy atom. The molecule has 6 N–H and O–H groups in total. The molecular weight excluding hydrogens is 411 g/mol. The monoisotopic (exact) mass is 442 g/mol. The average molecular weight is 443 g/mol. The third-order valence-corrected chi connectivity index (χ3v) is 4.41. The van der Waals surface area contributed by atoms with Gasteiger partial charge in [0.15, 0.2) is 0 Å². The predicted octanol–water partition coefficient (Wildman–Crippen LogP) is 2.53. The summed E-state index contributed by atoms with van der Waals surface area (Å²) in [6, 6.07) is 6.09. The molecule has 0 fully saturated rings. The maximum Gasteiger partial charge on any atom is 0.229 e. The number of aliphatic hydroxyl groups excluding tert-OH is 1. The van der Waals surface area contributed by atoms with E-state index in [2.05, 4.69) is 44.7 Å². The number of halogens is 1. The number of nitrogens with zero attached hydrogens (tertiary/aromatic N) is 2. The first-order valence-electron chi connectivity index (χ1n) is 10.8. The molecule has 9 heteroatoms. The fourth-order valence-electron chi connectivity index (χ4n) is 2.67. The number of nitrogens with one attached hydrogen (secondary N) is 3. The third-order valence-electron chi connectivity index (χ3n) is 4.41. The number of hydrogen-bond donors (Lipinski definition) is 5. The number of hydrogen-bond acceptors (Lipinski definition) is 7. The second-order valence-electron chi connectivity index (χ2n) is 7.20. The summed E-state index contributed by atoms with van der Waals surface area (Å²) in [7, 11) is 0. The van der Waals surface area contributed by atoms with E-state index in [1.165, 1.54) is 12.1 Å². The predicted molar refractivity (Wildman–Crippen MR) is 124 cm³/mol. The minimum Gasteiger partial charge on any atom is -0.392 e. The fraction of sp³-hybridized carbons (Fsp3) is 0.435. The maximum atomic E-state index is 13.4. The number of aliphatic hydroxyl groups is 1. The molecule has 0 bridgehead atoms. The normalized spacial score (nSPS) is 11.2. The Kier molecular flexibility index (Phi) is 10.9. The van der Waals surface area contributed by atoms with Crippen molar-refractivity contribution in [1.29, 1.82) is 0 Å². The number of nitrogens with two attached hydrogens (primary N) is 1. The van der Waals surface area contributed by atoms with Gasteiger partial charge in [-0.1, -0.05) is 24.8 Å². The molecule has 0 aliphatic carbocycles. The van der Waals surface area contributed by atoms with Gasteiger partial charge in [0, 0.05) is 38.2 Å². The van der Waals surface area contributed by atoms with Crippen molar-refractivity contribution in [2.45, 2.75) is 45.1 Å². The van der Waals surface area contributed by atoms with Crippen molar-refractivity contribution in [2.75, 3.05) is 30.3 Å². The molecule has 32 heavy (non-hydrogen) atoms. The molecule has 1 aromatic carbocycles. The summed E-state index contributed by atoms with van der Waals surface area (Å²) in [5.74, 6) is 6.67. The highest BCUT2D eigenvalue weighted by Crippen LogP contribution is 2.18. The van der Waals surface area contributed by atoms with Crippen molar-refractivity contribution in [1.82, 2.24) is 15.3 Å². The van der Waals surface area contributed by atoms with Gasteiger partial charge in [0.25, 0.3) is 0 Å². The van der Waals surface area contributed by atoms with Gasteiger partial charge < -0.3 is 26.8 Å². The molecule has 1 amide bonds. The van der Waals surface area contributed by atoms with Gasteiger partial charge in [-0.25, -0.2) is 9.37 Å². The second kappa shape index (κ2) is 14.0. The van der Waals surface area contributed by atoms with Gasteiger partial charge in [0.2, 0.25) is 11.9 Å². The summed E-state index contributed by atoms with van der Waals surface area (Å²) in [5, 5.41) is 18.4. The lowest BCUT2D eigenvalue weighted by Crippen LogP contribution is -2.27. The van der Waals surface area contributed by atoms with Crippen molar-refractivity contribution < 1.29 is 14.3 Å². The molecule has 0 saturated heterocycles. The molecule has 0 radical (unpaired) electrons. The molecule has 0 aliphatic heterocycles. The third kappa shape index (κ3) is 9.29. The van der Waals surface area contributed by atoms with Crippen LogP contribution in [0.15, 0.2) is 30.5 Å². The van der Waals surface area contributed by atoms with Gasteiger partial charge >= 0.3 is 0 Å². The van der Waals surface area contributed by atoms with Crippen LogP contribution in [0.2, 0.25) is 0 Å². The van der Waals surface area contributed by atoms with Crippen molar-refractivity contribution in [3.8, 4) is 11.8 Å². The number of carbonyl (C=O) groups is 1. The SMILES string of the molecule is CCCNc1nc(Nc2cccc(F)c2)ncc1C#CCCCNC(=O)CC[C@@H](O)CN. The number of rotatable bonds is 12. The standard InChI is InChI=1S/C23H31FN6O2/c1-2-12-27-22-17(7-4-3-5-13-26-21(32)11-10-20(31)15-25)16-28-23(30-22)29-19-9-6-8-18(24)14-19/h6,8-9,14,16,20,31H,2-3,5,10-13,15,25H2,1H3,(H,26,32)(H2,27,28,29,30)/t20-/m1/s1. The van der Waals surface area contributed by atoms with Crippen LogP contribution in [0.4, 0.5) is 21.8 Å². The zero-order chi connectivity index (χ0) is 23.2. The van der Waals surface area contributed by atoms with E-state index in [0.29, 0.717) is 48.8 Å². The van der Waals surface area contributed by atoms with Crippen molar-refractivity contribution in [2.24, 2.45) is 5.73 Å². The summed E-state index contributed by atoms with van der Waals surface area (Å²) >= 11 is 0. The van der Waals surface area contributed by atoms with Crippen LogP contribution in [0.3, 0.4) is 0 Å². The van der Waals surface area contributed by atoms with E-state index in [9.17, 15) is 14.3 Å². The van der Waals surface area contributed by atoms with Crippen molar-refractivity contribution in [3.05, 3.63) is 41.8 Å². The quantitative estimate of drug-likeness (QED) is 0.253. The Hall–Kier alpha value is -3.22. The highest BCUT2D eigenvalue weighted by Gasteiger charge is 2.07. The molecule has 172 valence electrons. The zero-order valence-electron chi connectivity index (χ0n) is 18.3. The van der Waals surface area contributed by atoms with E-state index in [1.54, 1.807) is 18.3 Å². The summed E-state index contributed by atoms with van der Waals surface area (Å²) in [4.78, 5) is 20.4. The number of benzene rings is 1. The minimum atomic E-state index is -0.639. The molecule has 1 heterocycles. The summed E-state index contributed by atoms with van der Waals surface area (Å²) < 4.78 is 13.4. The first-order valence-corrected chi connectivity index (χ1v) is 10.8. The smallest absolute Gasteiger partial charge is 0.229 e. The molecular formula is C23H31FN6O2.